The van der Waals surface area contributed by atoms with Crippen LogP contribution in [0.3, 0.4) is 0 Å². The molecular weight excluding hydrogens is 196 g/mol. The van der Waals surface area contributed by atoms with Gasteiger partial charge in [-0.15, -0.1) is 0 Å². The van der Waals surface area contributed by atoms with Gasteiger partial charge in [0, 0.05) is 39.0 Å². The van der Waals surface area contributed by atoms with Gasteiger partial charge in [0.05, 0.1) is 4.99 Å². The van der Waals surface area contributed by atoms with Crippen molar-refractivity contribution in [3.63, 3.8) is 0 Å². The maximum absolute atomic E-state index is 5.55. The molecular formula is C9H16N4S. The van der Waals surface area contributed by atoms with Crippen molar-refractivity contribution in [2.45, 2.75) is 6.92 Å². The first-order valence-electron chi connectivity index (χ1n) is 4.50. The smallest absolute Gasteiger partial charge is 0.204 e. The van der Waals surface area contributed by atoms with Crippen LogP contribution in [0.25, 0.3) is 0 Å². The van der Waals surface area contributed by atoms with Gasteiger partial charge < -0.3 is 15.2 Å². The third-order valence-electron chi connectivity index (χ3n) is 2.17. The van der Waals surface area contributed by atoms with Crippen LogP contribution in [0.5, 0.6) is 0 Å². The average molecular weight is 212 g/mol. The van der Waals surface area contributed by atoms with Gasteiger partial charge in [-0.25, -0.2) is 4.98 Å². The second-order valence-corrected chi connectivity index (χ2v) is 3.99. The summed E-state index contributed by atoms with van der Waals surface area (Å²) >= 11 is 4.92. The lowest BCUT2D eigenvalue weighted by atomic mass is 10.2. The number of aryl methyl sites for hydroxylation is 1. The van der Waals surface area contributed by atoms with E-state index in [1.807, 2.05) is 36.7 Å². The molecule has 1 rings (SSSR count). The minimum absolute atomic E-state index is 0.201. The topological polar surface area (TPSA) is 47.1 Å². The van der Waals surface area contributed by atoms with E-state index in [4.69, 9.17) is 18.0 Å². The van der Waals surface area contributed by atoms with Gasteiger partial charge in [-0.2, -0.15) is 0 Å². The summed E-state index contributed by atoms with van der Waals surface area (Å²) in [6.07, 6.45) is 3.69. The third kappa shape index (κ3) is 2.45. The molecule has 1 atom stereocenters. The SMILES string of the molecule is CC(CN(C)c1nccn1C)C(N)=S. The maximum atomic E-state index is 5.55. The second-order valence-electron chi connectivity index (χ2n) is 3.52. The Balaban J connectivity index is 2.63. The molecule has 0 bridgehead atoms. The summed E-state index contributed by atoms with van der Waals surface area (Å²) in [5.41, 5.74) is 5.55. The predicted octanol–water partition coefficient (Wildman–Crippen LogP) is 0.778. The van der Waals surface area contributed by atoms with Crippen molar-refractivity contribution in [2.75, 3.05) is 18.5 Å². The molecule has 0 aliphatic carbocycles. The highest BCUT2D eigenvalue weighted by molar-refractivity contribution is 7.80. The number of thiocarbonyl (C=S) groups is 1. The van der Waals surface area contributed by atoms with Gasteiger partial charge in [-0.1, -0.05) is 19.1 Å². The summed E-state index contributed by atoms with van der Waals surface area (Å²) in [7, 11) is 3.95. The quantitative estimate of drug-likeness (QED) is 0.749. The molecule has 78 valence electrons. The zero-order valence-corrected chi connectivity index (χ0v) is 9.58. The van der Waals surface area contributed by atoms with Gasteiger partial charge in [0.1, 0.15) is 0 Å². The number of imidazole rings is 1. The Morgan fingerprint density at radius 1 is 1.79 bits per heavy atom. The first-order chi connectivity index (χ1) is 6.52. The van der Waals surface area contributed by atoms with E-state index < -0.39 is 0 Å². The van der Waals surface area contributed by atoms with E-state index >= 15 is 0 Å². The van der Waals surface area contributed by atoms with Crippen LogP contribution in [0.2, 0.25) is 0 Å². The van der Waals surface area contributed by atoms with Crippen LogP contribution < -0.4 is 10.6 Å². The molecule has 0 aliphatic rings. The fourth-order valence-electron chi connectivity index (χ4n) is 1.31. The number of hydrogen-bond acceptors (Lipinski definition) is 3. The number of rotatable bonds is 4. The lowest BCUT2D eigenvalue weighted by molar-refractivity contribution is 0.710. The monoisotopic (exact) mass is 212 g/mol. The summed E-state index contributed by atoms with van der Waals surface area (Å²) in [4.78, 5) is 6.83. The highest BCUT2D eigenvalue weighted by atomic mass is 32.1. The first kappa shape index (κ1) is 11.0. The van der Waals surface area contributed by atoms with E-state index in [0.29, 0.717) is 4.99 Å². The van der Waals surface area contributed by atoms with Gasteiger partial charge >= 0.3 is 0 Å². The molecule has 0 fully saturated rings. The first-order valence-corrected chi connectivity index (χ1v) is 4.91. The van der Waals surface area contributed by atoms with Crippen LogP contribution in [-0.4, -0.2) is 28.1 Å². The minimum atomic E-state index is 0.201. The van der Waals surface area contributed by atoms with E-state index in [1.165, 1.54) is 0 Å². The van der Waals surface area contributed by atoms with Crippen LogP contribution in [0.4, 0.5) is 5.95 Å². The summed E-state index contributed by atoms with van der Waals surface area (Å²) in [5, 5.41) is 0. The lowest BCUT2D eigenvalue weighted by Crippen LogP contribution is -2.32. The van der Waals surface area contributed by atoms with Gasteiger partial charge in [-0.3, -0.25) is 0 Å². The van der Waals surface area contributed by atoms with Crippen LogP contribution in [0.15, 0.2) is 12.4 Å². The van der Waals surface area contributed by atoms with E-state index in [2.05, 4.69) is 4.98 Å². The molecule has 0 aromatic carbocycles. The normalized spacial score (nSPS) is 12.5. The van der Waals surface area contributed by atoms with Crippen molar-refractivity contribution >= 4 is 23.2 Å². The average Bonchev–Trinajstić information content (AvgIpc) is 2.51. The molecule has 0 spiro atoms. The fraction of sp³-hybridized carbons (Fsp3) is 0.556. The van der Waals surface area contributed by atoms with Crippen molar-refractivity contribution in [1.82, 2.24) is 9.55 Å². The van der Waals surface area contributed by atoms with Crippen LogP contribution in [0, 0.1) is 5.92 Å². The third-order valence-corrected chi connectivity index (χ3v) is 2.57. The van der Waals surface area contributed by atoms with Crippen LogP contribution in [0.1, 0.15) is 6.92 Å². The van der Waals surface area contributed by atoms with Gasteiger partial charge in [0.2, 0.25) is 5.95 Å². The second kappa shape index (κ2) is 4.41. The van der Waals surface area contributed by atoms with E-state index in [1.54, 1.807) is 6.20 Å². The molecule has 5 heteroatoms. The van der Waals surface area contributed by atoms with Crippen molar-refractivity contribution in [1.29, 1.82) is 0 Å². The highest BCUT2D eigenvalue weighted by Gasteiger charge is 2.11. The molecule has 0 saturated heterocycles. The van der Waals surface area contributed by atoms with E-state index in [0.717, 1.165) is 12.5 Å². The Labute approximate surface area is 89.7 Å². The highest BCUT2D eigenvalue weighted by Crippen LogP contribution is 2.09. The van der Waals surface area contributed by atoms with E-state index in [9.17, 15) is 0 Å². The molecule has 4 nitrogen and oxygen atoms in total. The number of nitrogens with two attached hydrogens (primary N) is 1. The number of hydrogen-bond donors (Lipinski definition) is 1. The van der Waals surface area contributed by atoms with Gasteiger partial charge in [0.25, 0.3) is 0 Å². The largest absolute Gasteiger partial charge is 0.393 e. The van der Waals surface area contributed by atoms with Crippen molar-refractivity contribution in [3.05, 3.63) is 12.4 Å². The zero-order chi connectivity index (χ0) is 10.7. The van der Waals surface area contributed by atoms with Crippen molar-refractivity contribution in [3.8, 4) is 0 Å². The molecule has 1 aromatic rings. The molecule has 0 saturated carbocycles. The van der Waals surface area contributed by atoms with Crippen molar-refractivity contribution in [2.24, 2.45) is 18.7 Å². The van der Waals surface area contributed by atoms with Gasteiger partial charge in [-0.05, 0) is 0 Å². The van der Waals surface area contributed by atoms with Crippen molar-refractivity contribution < 1.29 is 0 Å². The summed E-state index contributed by atoms with van der Waals surface area (Å²) in [5.74, 6) is 1.12. The molecule has 0 aliphatic heterocycles. The van der Waals surface area contributed by atoms with E-state index in [-0.39, 0.29) is 5.92 Å². The van der Waals surface area contributed by atoms with Crippen LogP contribution in [-0.2, 0) is 7.05 Å². The number of anilines is 1. The standard InChI is InChI=1S/C9H16N4S/c1-7(8(10)14)6-13(3)9-11-4-5-12(9)2/h4-5,7H,6H2,1-3H3,(H2,10,14). The number of aromatic nitrogens is 2. The molecule has 0 radical (unpaired) electrons. The summed E-state index contributed by atoms with van der Waals surface area (Å²) in [6.45, 7) is 2.81. The summed E-state index contributed by atoms with van der Waals surface area (Å²) < 4.78 is 1.96. The van der Waals surface area contributed by atoms with Gasteiger partial charge in [0.15, 0.2) is 0 Å². The Morgan fingerprint density at radius 3 is 2.86 bits per heavy atom. The minimum Gasteiger partial charge on any atom is -0.393 e. The molecule has 1 heterocycles. The zero-order valence-electron chi connectivity index (χ0n) is 8.77. The molecule has 0 amide bonds. The Morgan fingerprint density at radius 2 is 2.43 bits per heavy atom. The molecule has 1 aromatic heterocycles. The maximum Gasteiger partial charge on any atom is 0.204 e. The Hall–Kier alpha value is -1.10. The predicted molar refractivity (Wildman–Crippen MR) is 62.4 cm³/mol. The Bertz CT molecular complexity index is 320. The Kier molecular flexibility index (Phi) is 3.46. The molecule has 14 heavy (non-hydrogen) atoms. The summed E-state index contributed by atoms with van der Waals surface area (Å²) in [6, 6.07) is 0. The fourth-order valence-corrected chi connectivity index (χ4v) is 1.38. The lowest BCUT2D eigenvalue weighted by Gasteiger charge is -2.21. The molecule has 2 N–H and O–H groups in total. The van der Waals surface area contributed by atoms with Crippen LogP contribution >= 0.6 is 12.2 Å². The number of nitrogens with zero attached hydrogens (tertiary/aromatic N) is 3. The molecule has 1 unspecified atom stereocenters.